The van der Waals surface area contributed by atoms with E-state index < -0.39 is 59.3 Å². The Morgan fingerprint density at radius 1 is 0.800 bits per heavy atom. The molecule has 0 radical (unpaired) electrons. The summed E-state index contributed by atoms with van der Waals surface area (Å²) in [5.74, 6) is -7.09. The molecule has 3 aromatic rings. The average Bonchev–Trinajstić information content (AvgIpc) is 3.13. The van der Waals surface area contributed by atoms with Crippen molar-refractivity contribution in [3.8, 4) is 0 Å². The lowest BCUT2D eigenvalue weighted by molar-refractivity contribution is -0.164. The van der Waals surface area contributed by atoms with Gasteiger partial charge in [-0.2, -0.15) is 0 Å². The first kappa shape index (κ1) is 35.7. The summed E-state index contributed by atoms with van der Waals surface area (Å²) < 4.78 is 21.2. The summed E-state index contributed by atoms with van der Waals surface area (Å²) in [7, 11) is 0. The van der Waals surface area contributed by atoms with Gasteiger partial charge in [0.25, 0.3) is 5.91 Å². The van der Waals surface area contributed by atoms with E-state index in [-0.39, 0.29) is 37.0 Å². The summed E-state index contributed by atoms with van der Waals surface area (Å²) in [6.07, 6.45) is -1.74. The highest BCUT2D eigenvalue weighted by atomic mass is 32.2. The standard InChI is InChI=1S/C36H35N3O10S/c1-3-46-33(42)26(34(43)47-4-2)30(40)37-25-21-50-32-27(38-36(45)48-20-22-14-8-5-9-15-22)31(41)39(32)28(25)35(44)49-29(23-16-10-6-11-17-23)24-18-12-7-13-19-24/h5-19,26-27,29,32H,3-4,20-21H2,1-2H3,(H,37,40)(H,38,45)/t27?,32-/m0/s1. The molecule has 2 aliphatic rings. The third-order valence-corrected chi connectivity index (χ3v) is 8.94. The molecule has 0 bridgehead atoms. The minimum atomic E-state index is -2.00. The van der Waals surface area contributed by atoms with Crippen LogP contribution in [0.2, 0.25) is 0 Å². The molecule has 1 saturated heterocycles. The van der Waals surface area contributed by atoms with Crippen molar-refractivity contribution >= 4 is 47.6 Å². The first-order valence-corrected chi connectivity index (χ1v) is 16.9. The van der Waals surface area contributed by atoms with Crippen molar-refractivity contribution in [2.75, 3.05) is 19.0 Å². The lowest BCUT2D eigenvalue weighted by Gasteiger charge is -2.49. The van der Waals surface area contributed by atoms with E-state index in [1.807, 2.05) is 18.2 Å². The number of ether oxygens (including phenoxy) is 4. The Kier molecular flexibility index (Phi) is 11.9. The fourth-order valence-electron chi connectivity index (χ4n) is 5.33. The van der Waals surface area contributed by atoms with Crippen LogP contribution in [0.3, 0.4) is 0 Å². The van der Waals surface area contributed by atoms with Crippen molar-refractivity contribution in [1.82, 2.24) is 15.5 Å². The van der Waals surface area contributed by atoms with Crippen LogP contribution in [0, 0.1) is 5.92 Å². The van der Waals surface area contributed by atoms with Crippen LogP contribution in [0.1, 0.15) is 36.6 Å². The minimum Gasteiger partial charge on any atom is -0.465 e. The molecule has 0 saturated carbocycles. The maximum absolute atomic E-state index is 14.2. The molecule has 0 aliphatic carbocycles. The summed E-state index contributed by atoms with van der Waals surface area (Å²) in [6.45, 7) is 2.79. The third kappa shape index (κ3) is 8.14. The van der Waals surface area contributed by atoms with Crippen molar-refractivity contribution in [3.63, 3.8) is 0 Å². The van der Waals surface area contributed by atoms with Crippen LogP contribution in [-0.2, 0) is 49.5 Å². The molecule has 0 aromatic heterocycles. The summed E-state index contributed by atoms with van der Waals surface area (Å²) in [4.78, 5) is 80.4. The molecule has 2 heterocycles. The number of esters is 3. The normalized spacial score (nSPS) is 16.6. The molecule has 2 N–H and O–H groups in total. The fourth-order valence-corrected chi connectivity index (χ4v) is 6.61. The summed E-state index contributed by atoms with van der Waals surface area (Å²) in [6, 6.07) is 25.8. The zero-order valence-electron chi connectivity index (χ0n) is 27.2. The van der Waals surface area contributed by atoms with Gasteiger partial charge in [0, 0.05) is 5.75 Å². The largest absolute Gasteiger partial charge is 0.465 e. The van der Waals surface area contributed by atoms with Gasteiger partial charge in [-0.25, -0.2) is 9.59 Å². The fraction of sp³-hybridized carbons (Fsp3) is 0.278. The van der Waals surface area contributed by atoms with Crippen LogP contribution in [0.25, 0.3) is 0 Å². The summed E-state index contributed by atoms with van der Waals surface area (Å²) >= 11 is 1.14. The maximum Gasteiger partial charge on any atom is 0.408 e. The van der Waals surface area contributed by atoms with E-state index in [2.05, 4.69) is 10.6 Å². The molecule has 260 valence electrons. The molecule has 0 spiro atoms. The van der Waals surface area contributed by atoms with Crippen LogP contribution >= 0.6 is 11.8 Å². The number of fused-ring (bicyclic) bond motifs is 1. The van der Waals surface area contributed by atoms with E-state index in [9.17, 15) is 28.8 Å². The monoisotopic (exact) mass is 701 g/mol. The zero-order valence-corrected chi connectivity index (χ0v) is 28.1. The molecule has 2 aliphatic heterocycles. The Morgan fingerprint density at radius 2 is 1.34 bits per heavy atom. The Bertz CT molecular complexity index is 1700. The molecule has 1 unspecified atom stereocenters. The van der Waals surface area contributed by atoms with Crippen molar-refractivity contribution in [2.24, 2.45) is 5.92 Å². The highest BCUT2D eigenvalue weighted by Crippen LogP contribution is 2.41. The quantitative estimate of drug-likeness (QED) is 0.116. The second-order valence-corrected chi connectivity index (χ2v) is 12.1. The second kappa shape index (κ2) is 16.7. The number of carbonyl (C=O) groups excluding carboxylic acids is 6. The number of β-lactam (4-membered cyclic amide) rings is 1. The van der Waals surface area contributed by atoms with Crippen LogP contribution in [0.15, 0.2) is 102 Å². The lowest BCUT2D eigenvalue weighted by atomic mass is 10.0. The number of thioether (sulfide) groups is 1. The van der Waals surface area contributed by atoms with Crippen molar-refractivity contribution < 1.29 is 47.7 Å². The Morgan fingerprint density at radius 3 is 1.88 bits per heavy atom. The van der Waals surface area contributed by atoms with Crippen LogP contribution < -0.4 is 10.6 Å². The van der Waals surface area contributed by atoms with Gasteiger partial charge < -0.3 is 29.6 Å². The smallest absolute Gasteiger partial charge is 0.408 e. The number of benzene rings is 3. The number of hydrogen-bond acceptors (Lipinski definition) is 11. The van der Waals surface area contributed by atoms with Gasteiger partial charge in [0.15, 0.2) is 11.8 Å². The van der Waals surface area contributed by atoms with Gasteiger partial charge in [0.05, 0.1) is 18.9 Å². The number of alkyl carbamates (subject to hydrolysis) is 1. The molecule has 50 heavy (non-hydrogen) atoms. The third-order valence-electron chi connectivity index (χ3n) is 7.66. The highest BCUT2D eigenvalue weighted by molar-refractivity contribution is 8.00. The minimum absolute atomic E-state index is 0.0226. The van der Waals surface area contributed by atoms with Gasteiger partial charge in [-0.15, -0.1) is 11.8 Å². The van der Waals surface area contributed by atoms with E-state index in [4.69, 9.17) is 18.9 Å². The number of amides is 3. The van der Waals surface area contributed by atoms with E-state index >= 15 is 0 Å². The molecule has 3 aromatic carbocycles. The van der Waals surface area contributed by atoms with Crippen LogP contribution in [0.4, 0.5) is 4.79 Å². The van der Waals surface area contributed by atoms with Crippen LogP contribution in [0.5, 0.6) is 0 Å². The number of nitrogens with one attached hydrogen (secondary N) is 2. The molecule has 1 fully saturated rings. The Hall–Kier alpha value is -5.63. The van der Waals surface area contributed by atoms with Gasteiger partial charge in [-0.05, 0) is 30.5 Å². The molecule has 2 atom stereocenters. The molecule has 5 rings (SSSR count). The number of carbonyl (C=O) groups is 6. The Balaban J connectivity index is 1.44. The zero-order chi connectivity index (χ0) is 35.6. The summed E-state index contributed by atoms with van der Waals surface area (Å²) in [5.41, 5.74) is 1.63. The van der Waals surface area contributed by atoms with E-state index in [0.717, 1.165) is 22.2 Å². The Labute approximate surface area is 292 Å². The SMILES string of the molecule is CCOC(=O)C(C(=O)NC1=C(C(=O)OC(c2ccccc2)c2ccccc2)N2C(=O)C(NC(=O)OCc3ccccc3)[C@@H]2SC1)C(=O)OCC. The first-order valence-electron chi connectivity index (χ1n) is 15.8. The predicted molar refractivity (Wildman–Crippen MR) is 179 cm³/mol. The lowest BCUT2D eigenvalue weighted by Crippen LogP contribution is -2.71. The van der Waals surface area contributed by atoms with E-state index in [1.54, 1.807) is 72.8 Å². The topological polar surface area (TPSA) is 167 Å². The van der Waals surface area contributed by atoms with Gasteiger partial charge in [0.1, 0.15) is 18.0 Å². The molecule has 14 heteroatoms. The average molecular weight is 702 g/mol. The van der Waals surface area contributed by atoms with Gasteiger partial charge in [-0.1, -0.05) is 91.0 Å². The van der Waals surface area contributed by atoms with Gasteiger partial charge >= 0.3 is 24.0 Å². The predicted octanol–water partition coefficient (Wildman–Crippen LogP) is 3.60. The van der Waals surface area contributed by atoms with E-state index in [1.165, 1.54) is 13.8 Å². The highest BCUT2D eigenvalue weighted by Gasteiger charge is 2.55. The number of rotatable bonds is 13. The van der Waals surface area contributed by atoms with E-state index in [0.29, 0.717) is 11.1 Å². The van der Waals surface area contributed by atoms with Crippen molar-refractivity contribution in [3.05, 3.63) is 119 Å². The van der Waals surface area contributed by atoms with Crippen LogP contribution in [-0.4, -0.2) is 71.1 Å². The van der Waals surface area contributed by atoms with Gasteiger partial charge in [0.2, 0.25) is 11.8 Å². The summed E-state index contributed by atoms with van der Waals surface area (Å²) in [5, 5.41) is 4.28. The number of nitrogens with zero attached hydrogens (tertiary/aromatic N) is 1. The molecule has 3 amide bonds. The second-order valence-electron chi connectivity index (χ2n) is 11.0. The van der Waals surface area contributed by atoms with Crippen molar-refractivity contribution in [2.45, 2.75) is 38.0 Å². The molecular weight excluding hydrogens is 666 g/mol. The molecular formula is C36H35N3O10S. The van der Waals surface area contributed by atoms with Crippen molar-refractivity contribution in [1.29, 1.82) is 0 Å². The number of hydrogen-bond donors (Lipinski definition) is 2. The first-order chi connectivity index (χ1) is 24.2. The maximum atomic E-state index is 14.2. The van der Waals surface area contributed by atoms with Gasteiger partial charge in [-0.3, -0.25) is 24.1 Å². The molecule has 13 nitrogen and oxygen atoms in total.